The molecule has 3 heterocycles. The molecule has 5 aromatic rings. The predicted molar refractivity (Wildman–Crippen MR) is 163 cm³/mol. The third kappa shape index (κ3) is 5.23. The van der Waals surface area contributed by atoms with Crippen LogP contribution in [0, 0.1) is 11.6 Å². The van der Waals surface area contributed by atoms with E-state index in [9.17, 15) is 0 Å². The van der Waals surface area contributed by atoms with E-state index in [2.05, 4.69) is 32.3 Å². The summed E-state index contributed by atoms with van der Waals surface area (Å²) in [7, 11) is 0. The maximum absolute atomic E-state index is 15.8. The second-order valence-corrected chi connectivity index (χ2v) is 10.4. The topological polar surface area (TPSA) is 68.6 Å². The Hall–Kier alpha value is -5.37. The zero-order chi connectivity index (χ0) is 29.3. The number of imidazole rings is 1. The van der Waals surface area contributed by atoms with Crippen molar-refractivity contribution in [3.05, 3.63) is 132 Å². The zero-order valence-electron chi connectivity index (χ0n) is 23.4. The Balaban J connectivity index is 1.20. The molecule has 212 valence electrons. The lowest BCUT2D eigenvalue weighted by Gasteiger charge is -2.14. The molecule has 7 rings (SSSR count). The highest BCUT2D eigenvalue weighted by molar-refractivity contribution is 5.95. The number of benzene rings is 4. The molecule has 0 atom stereocenters. The van der Waals surface area contributed by atoms with Crippen molar-refractivity contribution in [1.29, 1.82) is 0 Å². The SMILES string of the molecule is CCc1cc(OCc2ccccc2)c(F)cc1-c1cc(F)c2c(-c3nc4ccn(Cc5ccccc5)cc-4n3)n[nH]c2c1. The van der Waals surface area contributed by atoms with Gasteiger partial charge >= 0.3 is 0 Å². The summed E-state index contributed by atoms with van der Waals surface area (Å²) in [5.41, 5.74) is 6.30. The van der Waals surface area contributed by atoms with Gasteiger partial charge in [-0.25, -0.2) is 18.7 Å². The Bertz CT molecular complexity index is 2020. The summed E-state index contributed by atoms with van der Waals surface area (Å²) >= 11 is 0. The second kappa shape index (κ2) is 11.1. The molecule has 0 saturated heterocycles. The summed E-state index contributed by atoms with van der Waals surface area (Å²) in [6.45, 7) is 2.92. The third-order valence-corrected chi connectivity index (χ3v) is 7.55. The van der Waals surface area contributed by atoms with Crippen LogP contribution in [0.3, 0.4) is 0 Å². The van der Waals surface area contributed by atoms with Gasteiger partial charge in [0.2, 0.25) is 0 Å². The van der Waals surface area contributed by atoms with Gasteiger partial charge in [-0.2, -0.15) is 5.10 Å². The van der Waals surface area contributed by atoms with Crippen molar-refractivity contribution in [3.8, 4) is 39.8 Å². The van der Waals surface area contributed by atoms with Crippen LogP contribution < -0.4 is 4.74 Å². The number of hydrogen-bond donors (Lipinski definition) is 1. The van der Waals surface area contributed by atoms with Gasteiger partial charge in [-0.1, -0.05) is 67.6 Å². The number of pyridine rings is 1. The van der Waals surface area contributed by atoms with Crippen LogP contribution >= 0.6 is 0 Å². The van der Waals surface area contributed by atoms with Gasteiger partial charge in [-0.15, -0.1) is 0 Å². The van der Waals surface area contributed by atoms with E-state index in [1.807, 2.05) is 78.5 Å². The normalized spacial score (nSPS) is 11.4. The first kappa shape index (κ1) is 26.5. The summed E-state index contributed by atoms with van der Waals surface area (Å²) in [5.74, 6) is -0.489. The molecule has 43 heavy (non-hydrogen) atoms. The molecule has 2 aliphatic rings. The fraction of sp³-hybridized carbons (Fsp3) is 0.114. The fourth-order valence-electron chi connectivity index (χ4n) is 5.38. The molecule has 0 radical (unpaired) electrons. The number of halogens is 2. The Kier molecular flexibility index (Phi) is 6.87. The third-order valence-electron chi connectivity index (χ3n) is 7.55. The van der Waals surface area contributed by atoms with E-state index in [0.29, 0.717) is 52.5 Å². The Labute approximate surface area is 247 Å². The average molecular weight is 572 g/mol. The number of aromatic nitrogens is 5. The number of ether oxygens (including phenoxy) is 1. The molecule has 4 aromatic carbocycles. The number of nitrogens with one attached hydrogen (secondary N) is 1. The molecule has 0 spiro atoms. The van der Waals surface area contributed by atoms with Gasteiger partial charge in [0.15, 0.2) is 17.4 Å². The minimum atomic E-state index is -0.504. The fourth-order valence-corrected chi connectivity index (χ4v) is 5.38. The van der Waals surface area contributed by atoms with Crippen LogP contribution in [0.2, 0.25) is 0 Å². The number of aryl methyl sites for hydroxylation is 1. The van der Waals surface area contributed by atoms with E-state index < -0.39 is 11.6 Å². The number of H-pyrrole nitrogens is 1. The van der Waals surface area contributed by atoms with Gasteiger partial charge < -0.3 is 9.30 Å². The van der Waals surface area contributed by atoms with Gasteiger partial charge in [-0.05, 0) is 64.6 Å². The van der Waals surface area contributed by atoms with Crippen LogP contribution in [0.1, 0.15) is 23.6 Å². The molecule has 1 aromatic heterocycles. The van der Waals surface area contributed by atoms with Crippen molar-refractivity contribution in [1.82, 2.24) is 24.7 Å². The van der Waals surface area contributed by atoms with E-state index in [1.54, 1.807) is 12.1 Å². The summed E-state index contributed by atoms with van der Waals surface area (Å²) in [6, 6.07) is 27.9. The van der Waals surface area contributed by atoms with E-state index in [4.69, 9.17) is 4.74 Å². The highest BCUT2D eigenvalue weighted by atomic mass is 19.1. The molecule has 0 amide bonds. The number of fused-ring (bicyclic) bond motifs is 2. The predicted octanol–water partition coefficient (Wildman–Crippen LogP) is 8.06. The van der Waals surface area contributed by atoms with Crippen LogP contribution in [0.4, 0.5) is 8.78 Å². The molecular weight excluding hydrogens is 544 g/mol. The Morgan fingerprint density at radius 3 is 2.33 bits per heavy atom. The van der Waals surface area contributed by atoms with Crippen LogP contribution in [-0.4, -0.2) is 24.7 Å². The Morgan fingerprint density at radius 1 is 0.814 bits per heavy atom. The maximum atomic E-state index is 15.8. The van der Waals surface area contributed by atoms with Gasteiger partial charge in [0.1, 0.15) is 23.8 Å². The molecule has 2 aliphatic heterocycles. The minimum absolute atomic E-state index is 0.167. The summed E-state index contributed by atoms with van der Waals surface area (Å²) in [6.07, 6.45) is 4.49. The van der Waals surface area contributed by atoms with Crippen LogP contribution in [0.15, 0.2) is 103 Å². The van der Waals surface area contributed by atoms with E-state index in [0.717, 1.165) is 11.1 Å². The molecule has 0 fully saturated rings. The lowest BCUT2D eigenvalue weighted by atomic mass is 9.96. The molecule has 0 bridgehead atoms. The first-order valence-corrected chi connectivity index (χ1v) is 14.1. The number of nitrogens with zero attached hydrogens (tertiary/aromatic N) is 4. The van der Waals surface area contributed by atoms with Crippen LogP contribution in [0.25, 0.3) is 44.9 Å². The standard InChI is InChI=1S/C35H27F2N5O/c1-2-24-17-32(43-21-23-11-7-4-8-12-23)27(36)18-26(24)25-15-28(37)33-30(16-25)40-41-34(33)35-38-29-13-14-42(20-31(29)39-35)19-22-9-5-3-6-10-22/h3-18,20H,2,19,21H2,1H3,(H,40,41). The summed E-state index contributed by atoms with van der Waals surface area (Å²) in [4.78, 5) is 9.30. The van der Waals surface area contributed by atoms with Gasteiger partial charge in [0.25, 0.3) is 0 Å². The number of rotatable bonds is 8. The molecule has 0 saturated carbocycles. The number of hydrogen-bond acceptors (Lipinski definition) is 4. The van der Waals surface area contributed by atoms with Crippen molar-refractivity contribution < 1.29 is 13.5 Å². The molecule has 0 aliphatic carbocycles. The summed E-state index contributed by atoms with van der Waals surface area (Å²) in [5, 5.41) is 7.61. The van der Waals surface area contributed by atoms with Crippen molar-refractivity contribution in [3.63, 3.8) is 0 Å². The van der Waals surface area contributed by atoms with E-state index in [-0.39, 0.29) is 17.7 Å². The van der Waals surface area contributed by atoms with Crippen molar-refractivity contribution >= 4 is 10.9 Å². The van der Waals surface area contributed by atoms with Gasteiger partial charge in [0, 0.05) is 18.9 Å². The maximum Gasteiger partial charge on any atom is 0.182 e. The first-order chi connectivity index (χ1) is 21.1. The van der Waals surface area contributed by atoms with Crippen molar-refractivity contribution in [2.45, 2.75) is 26.5 Å². The molecule has 1 N–H and O–H groups in total. The molecule has 6 nitrogen and oxygen atoms in total. The quantitative estimate of drug-likeness (QED) is 0.200. The van der Waals surface area contributed by atoms with E-state index >= 15 is 8.78 Å². The molecular formula is C35H27F2N5O. The molecule has 8 heteroatoms. The second-order valence-electron chi connectivity index (χ2n) is 10.4. The lowest BCUT2D eigenvalue weighted by molar-refractivity contribution is 0.290. The summed E-state index contributed by atoms with van der Waals surface area (Å²) < 4.78 is 38.8. The Morgan fingerprint density at radius 2 is 1.56 bits per heavy atom. The highest BCUT2D eigenvalue weighted by Gasteiger charge is 2.21. The highest BCUT2D eigenvalue weighted by Crippen LogP contribution is 2.36. The van der Waals surface area contributed by atoms with Crippen LogP contribution in [0.5, 0.6) is 5.75 Å². The van der Waals surface area contributed by atoms with E-state index in [1.165, 1.54) is 17.7 Å². The largest absolute Gasteiger partial charge is 0.486 e. The lowest BCUT2D eigenvalue weighted by Crippen LogP contribution is -2.00. The number of aromatic amines is 1. The molecule has 0 unspecified atom stereocenters. The van der Waals surface area contributed by atoms with Crippen LogP contribution in [-0.2, 0) is 19.6 Å². The smallest absolute Gasteiger partial charge is 0.182 e. The van der Waals surface area contributed by atoms with Gasteiger partial charge in [-0.3, -0.25) is 5.10 Å². The zero-order valence-corrected chi connectivity index (χ0v) is 23.4. The van der Waals surface area contributed by atoms with Gasteiger partial charge in [0.05, 0.1) is 16.6 Å². The van der Waals surface area contributed by atoms with Crippen molar-refractivity contribution in [2.24, 2.45) is 0 Å². The first-order valence-electron chi connectivity index (χ1n) is 14.1. The minimum Gasteiger partial charge on any atom is -0.486 e. The average Bonchev–Trinajstić information content (AvgIpc) is 3.66. The van der Waals surface area contributed by atoms with Crippen molar-refractivity contribution in [2.75, 3.05) is 0 Å². The monoisotopic (exact) mass is 571 g/mol.